The van der Waals surface area contributed by atoms with E-state index in [0.717, 1.165) is 49.0 Å². The highest BCUT2D eigenvalue weighted by Gasteiger charge is 2.25. The topological polar surface area (TPSA) is 75.9 Å². The SMILES string of the molecule is Cc1nccn1-c1cc(N2CCC(C(=O)NCc3ccc(F)cc3)CC2)ncn1. The first-order valence-electron chi connectivity index (χ1n) is 9.69. The lowest BCUT2D eigenvalue weighted by atomic mass is 9.96. The van der Waals surface area contributed by atoms with Gasteiger partial charge in [0, 0.05) is 44.0 Å². The standard InChI is InChI=1S/C21H23FN6O/c1-15-23-8-11-28(15)20-12-19(25-14-26-20)27-9-6-17(7-10-27)21(29)24-13-16-2-4-18(22)5-3-16/h2-5,8,11-12,14,17H,6-7,9-10,13H2,1H3,(H,24,29). The lowest BCUT2D eigenvalue weighted by Crippen LogP contribution is -2.40. The fourth-order valence-electron chi connectivity index (χ4n) is 3.57. The maximum Gasteiger partial charge on any atom is 0.223 e. The molecule has 2 aromatic heterocycles. The maximum atomic E-state index is 13.0. The first-order chi connectivity index (χ1) is 14.1. The molecule has 7 nitrogen and oxygen atoms in total. The molecule has 3 heterocycles. The number of nitrogens with zero attached hydrogens (tertiary/aromatic N) is 5. The Morgan fingerprint density at radius 2 is 1.86 bits per heavy atom. The number of nitrogens with one attached hydrogen (secondary N) is 1. The van der Waals surface area contributed by atoms with Crippen LogP contribution in [0.15, 0.2) is 49.1 Å². The molecule has 4 rings (SSSR count). The van der Waals surface area contributed by atoms with E-state index >= 15 is 0 Å². The minimum absolute atomic E-state index is 0.0242. The van der Waals surface area contributed by atoms with E-state index in [9.17, 15) is 9.18 Å². The van der Waals surface area contributed by atoms with Crippen molar-refractivity contribution >= 4 is 11.7 Å². The Morgan fingerprint density at radius 3 is 2.55 bits per heavy atom. The normalized spacial score (nSPS) is 14.8. The number of carbonyl (C=O) groups excluding carboxylic acids is 1. The minimum atomic E-state index is -0.275. The third-order valence-corrected chi connectivity index (χ3v) is 5.28. The van der Waals surface area contributed by atoms with Gasteiger partial charge in [0.1, 0.15) is 29.6 Å². The molecule has 1 aromatic carbocycles. The summed E-state index contributed by atoms with van der Waals surface area (Å²) < 4.78 is 14.9. The Bertz CT molecular complexity index is 979. The van der Waals surface area contributed by atoms with E-state index in [2.05, 4.69) is 25.2 Å². The number of piperidine rings is 1. The van der Waals surface area contributed by atoms with Crippen molar-refractivity contribution in [3.8, 4) is 5.82 Å². The molecule has 0 saturated carbocycles. The molecule has 1 N–H and O–H groups in total. The minimum Gasteiger partial charge on any atom is -0.356 e. The van der Waals surface area contributed by atoms with Gasteiger partial charge in [0.05, 0.1) is 0 Å². The molecule has 3 aromatic rings. The van der Waals surface area contributed by atoms with Crippen molar-refractivity contribution in [2.75, 3.05) is 18.0 Å². The fourth-order valence-corrected chi connectivity index (χ4v) is 3.57. The molecule has 0 aliphatic carbocycles. The van der Waals surface area contributed by atoms with E-state index in [4.69, 9.17) is 0 Å². The van der Waals surface area contributed by atoms with E-state index in [-0.39, 0.29) is 17.6 Å². The van der Waals surface area contributed by atoms with Crippen molar-refractivity contribution in [1.29, 1.82) is 0 Å². The second kappa shape index (κ2) is 8.38. The van der Waals surface area contributed by atoms with E-state index in [0.29, 0.717) is 6.54 Å². The van der Waals surface area contributed by atoms with Crippen LogP contribution in [0.2, 0.25) is 0 Å². The molecule has 0 spiro atoms. The van der Waals surface area contributed by atoms with Crippen molar-refractivity contribution in [2.45, 2.75) is 26.3 Å². The number of aromatic nitrogens is 4. The summed E-state index contributed by atoms with van der Waals surface area (Å²) in [7, 11) is 0. The van der Waals surface area contributed by atoms with E-state index < -0.39 is 0 Å². The lowest BCUT2D eigenvalue weighted by molar-refractivity contribution is -0.125. The van der Waals surface area contributed by atoms with Gasteiger partial charge in [-0.05, 0) is 37.5 Å². The van der Waals surface area contributed by atoms with Crippen LogP contribution in [0.25, 0.3) is 5.82 Å². The molecule has 1 fully saturated rings. The average molecular weight is 394 g/mol. The molecule has 0 bridgehead atoms. The van der Waals surface area contributed by atoms with E-state index in [1.165, 1.54) is 12.1 Å². The summed E-state index contributed by atoms with van der Waals surface area (Å²) in [5.74, 6) is 2.25. The molecule has 1 aliphatic rings. The Morgan fingerprint density at radius 1 is 1.14 bits per heavy atom. The summed E-state index contributed by atoms with van der Waals surface area (Å²) in [6.07, 6.45) is 6.70. The number of halogens is 1. The number of carbonyl (C=O) groups is 1. The van der Waals surface area contributed by atoms with Crippen LogP contribution >= 0.6 is 0 Å². The van der Waals surface area contributed by atoms with Crippen LogP contribution < -0.4 is 10.2 Å². The Kier molecular flexibility index (Phi) is 5.50. The van der Waals surface area contributed by atoms with Crippen LogP contribution in [0.1, 0.15) is 24.2 Å². The number of hydrogen-bond acceptors (Lipinski definition) is 5. The molecule has 29 heavy (non-hydrogen) atoms. The smallest absolute Gasteiger partial charge is 0.223 e. The molecule has 0 unspecified atom stereocenters. The zero-order chi connectivity index (χ0) is 20.2. The monoisotopic (exact) mass is 394 g/mol. The highest BCUT2D eigenvalue weighted by Crippen LogP contribution is 2.23. The highest BCUT2D eigenvalue weighted by atomic mass is 19.1. The average Bonchev–Trinajstić information content (AvgIpc) is 3.19. The van der Waals surface area contributed by atoms with Crippen molar-refractivity contribution in [3.05, 3.63) is 66.3 Å². The van der Waals surface area contributed by atoms with Crippen molar-refractivity contribution in [3.63, 3.8) is 0 Å². The molecule has 0 radical (unpaired) electrons. The molecule has 1 saturated heterocycles. The highest BCUT2D eigenvalue weighted by molar-refractivity contribution is 5.79. The summed E-state index contributed by atoms with van der Waals surface area (Å²) in [6, 6.07) is 8.13. The largest absolute Gasteiger partial charge is 0.356 e. The molecule has 8 heteroatoms. The van der Waals surface area contributed by atoms with Gasteiger partial charge < -0.3 is 10.2 Å². The molecular formula is C21H23FN6O. The first-order valence-corrected chi connectivity index (χ1v) is 9.69. The predicted octanol–water partition coefficient (Wildman–Crippen LogP) is 2.64. The van der Waals surface area contributed by atoms with Gasteiger partial charge in [-0.15, -0.1) is 0 Å². The summed E-state index contributed by atoms with van der Waals surface area (Å²) in [5.41, 5.74) is 0.889. The first kappa shape index (κ1) is 19.0. The van der Waals surface area contributed by atoms with E-state index in [1.54, 1.807) is 24.7 Å². The van der Waals surface area contributed by atoms with Crippen LogP contribution in [0, 0.1) is 18.7 Å². The van der Waals surface area contributed by atoms with Gasteiger partial charge in [-0.25, -0.2) is 19.3 Å². The number of amides is 1. The lowest BCUT2D eigenvalue weighted by Gasteiger charge is -2.32. The van der Waals surface area contributed by atoms with Crippen molar-refractivity contribution in [1.82, 2.24) is 24.8 Å². The van der Waals surface area contributed by atoms with Crippen molar-refractivity contribution in [2.24, 2.45) is 5.92 Å². The number of benzene rings is 1. The molecular weight excluding hydrogens is 371 g/mol. The van der Waals surface area contributed by atoms with Crippen LogP contribution in [-0.4, -0.2) is 38.5 Å². The quantitative estimate of drug-likeness (QED) is 0.720. The summed E-state index contributed by atoms with van der Waals surface area (Å²) in [5, 5.41) is 2.96. The molecule has 0 atom stereocenters. The third kappa shape index (κ3) is 4.42. The van der Waals surface area contributed by atoms with Crippen LogP contribution in [0.3, 0.4) is 0 Å². The number of hydrogen-bond donors (Lipinski definition) is 1. The zero-order valence-corrected chi connectivity index (χ0v) is 16.3. The van der Waals surface area contributed by atoms with Gasteiger partial charge in [-0.2, -0.15) is 0 Å². The van der Waals surface area contributed by atoms with Crippen LogP contribution in [0.5, 0.6) is 0 Å². The van der Waals surface area contributed by atoms with E-state index in [1.807, 2.05) is 23.8 Å². The van der Waals surface area contributed by atoms with Crippen LogP contribution in [-0.2, 0) is 11.3 Å². The zero-order valence-electron chi connectivity index (χ0n) is 16.3. The van der Waals surface area contributed by atoms with Gasteiger partial charge in [-0.3, -0.25) is 9.36 Å². The second-order valence-corrected chi connectivity index (χ2v) is 7.18. The van der Waals surface area contributed by atoms with Crippen molar-refractivity contribution < 1.29 is 9.18 Å². The van der Waals surface area contributed by atoms with Gasteiger partial charge >= 0.3 is 0 Å². The Hall–Kier alpha value is -3.29. The molecule has 1 amide bonds. The molecule has 150 valence electrons. The summed E-state index contributed by atoms with van der Waals surface area (Å²) >= 11 is 0. The number of imidazole rings is 1. The van der Waals surface area contributed by atoms with Gasteiger partial charge in [0.25, 0.3) is 0 Å². The summed E-state index contributed by atoms with van der Waals surface area (Å²) in [6.45, 7) is 3.86. The Balaban J connectivity index is 1.33. The summed E-state index contributed by atoms with van der Waals surface area (Å²) in [4.78, 5) is 27.6. The third-order valence-electron chi connectivity index (χ3n) is 5.28. The Labute approximate surface area is 168 Å². The number of rotatable bonds is 5. The fraction of sp³-hybridized carbons (Fsp3) is 0.333. The van der Waals surface area contributed by atoms with Crippen LogP contribution in [0.4, 0.5) is 10.2 Å². The van der Waals surface area contributed by atoms with Gasteiger partial charge in [-0.1, -0.05) is 12.1 Å². The van der Waals surface area contributed by atoms with Gasteiger partial charge in [0.2, 0.25) is 5.91 Å². The number of anilines is 1. The number of aryl methyl sites for hydroxylation is 1. The second-order valence-electron chi connectivity index (χ2n) is 7.18. The van der Waals surface area contributed by atoms with Gasteiger partial charge in [0.15, 0.2) is 0 Å². The molecule has 1 aliphatic heterocycles. The predicted molar refractivity (Wildman–Crippen MR) is 107 cm³/mol. The maximum absolute atomic E-state index is 13.0.